The first-order chi connectivity index (χ1) is 2.89. The molecular formula is C2H19CoN9. The second-order valence-electron chi connectivity index (χ2n) is 0.959. The third kappa shape index (κ3) is 16.2. The SMILES string of the molecule is Cc1nn[nH]n1.N.N.N.N.N.[Co]. The summed E-state index contributed by atoms with van der Waals surface area (Å²) in [5, 5.41) is 12.7. The van der Waals surface area contributed by atoms with Crippen LogP contribution in [0, 0.1) is 6.92 Å². The first-order valence-corrected chi connectivity index (χ1v) is 1.59. The van der Waals surface area contributed by atoms with Gasteiger partial charge in [-0.1, -0.05) is 5.21 Å². The van der Waals surface area contributed by atoms with Crippen LogP contribution in [0.15, 0.2) is 0 Å². The summed E-state index contributed by atoms with van der Waals surface area (Å²) in [6, 6.07) is 0. The first-order valence-electron chi connectivity index (χ1n) is 1.59. The van der Waals surface area contributed by atoms with Gasteiger partial charge in [-0.3, -0.25) is 0 Å². The van der Waals surface area contributed by atoms with Crippen molar-refractivity contribution in [3.05, 3.63) is 5.82 Å². The molecule has 1 heterocycles. The van der Waals surface area contributed by atoms with Gasteiger partial charge in [-0.05, 0) is 6.92 Å². The first kappa shape index (κ1) is 42.4. The zero-order valence-corrected chi connectivity index (χ0v) is 8.25. The average Bonchev–Trinajstić information content (AvgIpc) is 1.86. The third-order valence-corrected chi connectivity index (χ3v) is 0.451. The van der Waals surface area contributed by atoms with Gasteiger partial charge < -0.3 is 30.8 Å². The smallest absolute Gasteiger partial charge is 0.171 e. The number of nitrogens with zero attached hydrogens (tertiary/aromatic N) is 3. The Morgan fingerprint density at radius 1 is 1.00 bits per heavy atom. The van der Waals surface area contributed by atoms with Crippen molar-refractivity contribution in [1.82, 2.24) is 51.4 Å². The van der Waals surface area contributed by atoms with E-state index >= 15 is 0 Å². The minimum absolute atomic E-state index is 0. The van der Waals surface area contributed by atoms with Gasteiger partial charge in [-0.25, -0.2) is 0 Å². The van der Waals surface area contributed by atoms with Crippen LogP contribution in [0.4, 0.5) is 0 Å². The van der Waals surface area contributed by atoms with Gasteiger partial charge in [0.2, 0.25) is 0 Å². The summed E-state index contributed by atoms with van der Waals surface area (Å²) in [7, 11) is 0. The number of aromatic amines is 1. The molecule has 0 aliphatic rings. The van der Waals surface area contributed by atoms with E-state index in [1.807, 2.05) is 0 Å². The number of aryl methyl sites for hydroxylation is 1. The van der Waals surface area contributed by atoms with Gasteiger partial charge in [0.05, 0.1) is 0 Å². The van der Waals surface area contributed by atoms with E-state index in [2.05, 4.69) is 20.6 Å². The second kappa shape index (κ2) is 22.4. The predicted molar refractivity (Wildman–Crippen MR) is 44.0 cm³/mol. The van der Waals surface area contributed by atoms with Crippen molar-refractivity contribution in [1.29, 1.82) is 0 Å². The van der Waals surface area contributed by atoms with Gasteiger partial charge in [-0.15, -0.1) is 10.2 Å². The Kier molecular flexibility index (Phi) is 79.2. The number of H-pyrrole nitrogens is 1. The molecule has 0 aromatic carbocycles. The summed E-state index contributed by atoms with van der Waals surface area (Å²) in [6.07, 6.45) is 0. The zero-order chi connectivity index (χ0) is 4.41. The molecule has 1 aromatic heterocycles. The largest absolute Gasteiger partial charge is 0.344 e. The van der Waals surface area contributed by atoms with E-state index in [1.54, 1.807) is 6.92 Å². The van der Waals surface area contributed by atoms with E-state index in [0.717, 1.165) is 0 Å². The molecule has 81 valence electrons. The molecular weight excluding hydrogens is 209 g/mol. The molecule has 16 N–H and O–H groups in total. The summed E-state index contributed by atoms with van der Waals surface area (Å²) in [4.78, 5) is 0. The van der Waals surface area contributed by atoms with Crippen LogP contribution in [-0.4, -0.2) is 20.6 Å². The van der Waals surface area contributed by atoms with Crippen LogP contribution in [0.5, 0.6) is 0 Å². The Bertz CT molecular complexity index is 116. The molecule has 0 saturated heterocycles. The van der Waals surface area contributed by atoms with E-state index in [0.29, 0.717) is 5.82 Å². The summed E-state index contributed by atoms with van der Waals surface area (Å²) in [6.45, 7) is 1.77. The fourth-order valence-corrected chi connectivity index (χ4v) is 0.212. The molecule has 12 heavy (non-hydrogen) atoms. The average molecular weight is 228 g/mol. The molecule has 0 aliphatic heterocycles. The van der Waals surface area contributed by atoms with E-state index in [-0.39, 0.29) is 47.5 Å². The van der Waals surface area contributed by atoms with Crippen molar-refractivity contribution in [3.63, 3.8) is 0 Å². The van der Waals surface area contributed by atoms with Crippen LogP contribution in [0.3, 0.4) is 0 Å². The Morgan fingerprint density at radius 2 is 1.42 bits per heavy atom. The maximum absolute atomic E-state index is 3.57. The maximum atomic E-state index is 3.57. The number of nitrogens with one attached hydrogen (secondary N) is 1. The Hall–Kier alpha value is -0.624. The van der Waals surface area contributed by atoms with Crippen LogP contribution >= 0.6 is 0 Å². The number of tetrazole rings is 1. The fourth-order valence-electron chi connectivity index (χ4n) is 0.212. The zero-order valence-electron chi connectivity index (χ0n) is 7.21. The van der Waals surface area contributed by atoms with E-state index < -0.39 is 0 Å². The van der Waals surface area contributed by atoms with Gasteiger partial charge in [0.25, 0.3) is 0 Å². The standard InChI is InChI=1S/C2H4N4.Co.5H3N/c1-2-3-5-6-4-2;;;;;;/h1H3,(H,3,4,5,6);;5*1H3. The van der Waals surface area contributed by atoms with Crippen molar-refractivity contribution in [2.24, 2.45) is 0 Å². The minimum atomic E-state index is 0. The van der Waals surface area contributed by atoms with Crippen molar-refractivity contribution in [2.75, 3.05) is 0 Å². The fraction of sp³-hybridized carbons (Fsp3) is 0.500. The molecule has 10 heteroatoms. The van der Waals surface area contributed by atoms with E-state index in [4.69, 9.17) is 0 Å². The molecule has 1 radical (unpaired) electrons. The van der Waals surface area contributed by atoms with Crippen molar-refractivity contribution in [3.8, 4) is 0 Å². The van der Waals surface area contributed by atoms with Crippen molar-refractivity contribution in [2.45, 2.75) is 6.92 Å². The quantitative estimate of drug-likeness (QED) is 0.360. The molecule has 0 saturated carbocycles. The Balaban J connectivity index is -0.0000000150. The summed E-state index contributed by atoms with van der Waals surface area (Å²) < 4.78 is 0. The molecule has 0 bridgehead atoms. The van der Waals surface area contributed by atoms with Gasteiger partial charge in [0.1, 0.15) is 0 Å². The van der Waals surface area contributed by atoms with Crippen LogP contribution in [0.25, 0.3) is 0 Å². The van der Waals surface area contributed by atoms with Crippen LogP contribution in [0.2, 0.25) is 0 Å². The number of hydrogen-bond acceptors (Lipinski definition) is 8. The summed E-state index contributed by atoms with van der Waals surface area (Å²) >= 11 is 0. The Morgan fingerprint density at radius 3 is 1.50 bits per heavy atom. The van der Waals surface area contributed by atoms with E-state index in [1.165, 1.54) is 0 Å². The van der Waals surface area contributed by atoms with Crippen LogP contribution < -0.4 is 30.8 Å². The monoisotopic (exact) mass is 228 g/mol. The molecule has 0 atom stereocenters. The van der Waals surface area contributed by atoms with Gasteiger partial charge in [0, 0.05) is 16.8 Å². The normalized spacial score (nSPS) is 4.42. The van der Waals surface area contributed by atoms with Gasteiger partial charge in [-0.2, -0.15) is 5.21 Å². The number of hydrogen-bond donors (Lipinski definition) is 6. The number of aromatic nitrogens is 4. The van der Waals surface area contributed by atoms with Gasteiger partial charge >= 0.3 is 0 Å². The van der Waals surface area contributed by atoms with Gasteiger partial charge in [0.15, 0.2) is 5.82 Å². The summed E-state index contributed by atoms with van der Waals surface area (Å²) in [5.41, 5.74) is 0. The molecule has 0 unspecified atom stereocenters. The maximum Gasteiger partial charge on any atom is 0.171 e. The van der Waals surface area contributed by atoms with E-state index in [9.17, 15) is 0 Å². The molecule has 1 aromatic rings. The van der Waals surface area contributed by atoms with Crippen molar-refractivity contribution >= 4 is 0 Å². The third-order valence-electron chi connectivity index (χ3n) is 0.451. The molecule has 9 nitrogen and oxygen atoms in total. The second-order valence-corrected chi connectivity index (χ2v) is 0.959. The molecule has 0 spiro atoms. The molecule has 0 amide bonds. The summed E-state index contributed by atoms with van der Waals surface area (Å²) in [5.74, 6) is 0.676. The van der Waals surface area contributed by atoms with Crippen LogP contribution in [0.1, 0.15) is 5.82 Å². The van der Waals surface area contributed by atoms with Crippen LogP contribution in [-0.2, 0) is 16.8 Å². The minimum Gasteiger partial charge on any atom is -0.344 e. The molecule has 1 rings (SSSR count). The molecule has 0 aliphatic carbocycles. The predicted octanol–water partition coefficient (Wildman–Crippen LogP) is 0.316. The van der Waals surface area contributed by atoms with Crippen molar-refractivity contribution < 1.29 is 16.8 Å². The molecule has 0 fully saturated rings. The topological polar surface area (TPSA) is 229 Å². The number of rotatable bonds is 0. The Labute approximate surface area is 81.6 Å².